The monoisotopic (exact) mass is 201 g/mol. The number of aromatic nitrogens is 1. The summed E-state index contributed by atoms with van der Waals surface area (Å²) in [6.07, 6.45) is 0. The van der Waals surface area contributed by atoms with Gasteiger partial charge in [0.25, 0.3) is 0 Å². The first kappa shape index (κ1) is 10.6. The lowest BCUT2D eigenvalue weighted by Gasteiger charge is -2.06. The molecule has 1 N–H and O–H groups in total. The third-order valence-electron chi connectivity index (χ3n) is 1.95. The molecule has 0 amide bonds. The van der Waals surface area contributed by atoms with E-state index in [4.69, 9.17) is 9.63 Å². The largest absolute Gasteiger partial charge is 0.395 e. The van der Waals surface area contributed by atoms with E-state index >= 15 is 0 Å². The number of hydrogen-bond donors (Lipinski definition) is 1. The SMILES string of the molecule is Cc1noc(C)c1CSC(C)CO. The normalized spacial score (nSPS) is 13.2. The van der Waals surface area contributed by atoms with Gasteiger partial charge < -0.3 is 9.63 Å². The van der Waals surface area contributed by atoms with Crippen LogP contribution in [-0.2, 0) is 5.75 Å². The maximum absolute atomic E-state index is 8.84. The third-order valence-corrected chi connectivity index (χ3v) is 3.12. The fourth-order valence-electron chi connectivity index (χ4n) is 0.986. The molecule has 74 valence electrons. The summed E-state index contributed by atoms with van der Waals surface area (Å²) < 4.78 is 5.04. The number of hydrogen-bond acceptors (Lipinski definition) is 4. The number of nitrogens with zero attached hydrogens (tertiary/aromatic N) is 1. The van der Waals surface area contributed by atoms with Crippen molar-refractivity contribution in [3.05, 3.63) is 17.0 Å². The molecule has 1 atom stereocenters. The van der Waals surface area contributed by atoms with Gasteiger partial charge in [-0.3, -0.25) is 0 Å². The van der Waals surface area contributed by atoms with Gasteiger partial charge in [0.05, 0.1) is 12.3 Å². The Kier molecular flexibility index (Phi) is 3.81. The van der Waals surface area contributed by atoms with Crippen LogP contribution in [0.25, 0.3) is 0 Å². The second-order valence-corrected chi connectivity index (χ2v) is 4.53. The highest BCUT2D eigenvalue weighted by molar-refractivity contribution is 7.99. The minimum atomic E-state index is 0.216. The molecule has 0 aromatic carbocycles. The average molecular weight is 201 g/mol. The molecule has 0 aliphatic rings. The number of aryl methyl sites for hydroxylation is 2. The van der Waals surface area contributed by atoms with Crippen molar-refractivity contribution in [1.82, 2.24) is 5.16 Å². The van der Waals surface area contributed by atoms with Gasteiger partial charge in [0, 0.05) is 16.6 Å². The molecule has 0 bridgehead atoms. The molecule has 0 radical (unpaired) electrons. The second kappa shape index (κ2) is 4.67. The molecule has 1 aromatic rings. The predicted molar refractivity (Wildman–Crippen MR) is 53.8 cm³/mol. The summed E-state index contributed by atoms with van der Waals surface area (Å²) in [6.45, 7) is 6.08. The zero-order valence-corrected chi connectivity index (χ0v) is 9.02. The van der Waals surface area contributed by atoms with E-state index in [1.165, 1.54) is 0 Å². The van der Waals surface area contributed by atoms with Crippen LogP contribution >= 0.6 is 11.8 Å². The highest BCUT2D eigenvalue weighted by Gasteiger charge is 2.10. The minimum Gasteiger partial charge on any atom is -0.395 e. The highest BCUT2D eigenvalue weighted by atomic mass is 32.2. The molecule has 3 nitrogen and oxygen atoms in total. The lowest BCUT2D eigenvalue weighted by atomic mass is 10.2. The minimum absolute atomic E-state index is 0.216. The fourth-order valence-corrected chi connectivity index (χ4v) is 1.95. The summed E-state index contributed by atoms with van der Waals surface area (Å²) >= 11 is 1.71. The summed E-state index contributed by atoms with van der Waals surface area (Å²) in [6, 6.07) is 0. The first-order valence-corrected chi connectivity index (χ1v) is 5.34. The molecule has 1 rings (SSSR count). The molecule has 0 spiro atoms. The highest BCUT2D eigenvalue weighted by Crippen LogP contribution is 2.22. The zero-order valence-electron chi connectivity index (χ0n) is 8.20. The smallest absolute Gasteiger partial charge is 0.137 e. The lowest BCUT2D eigenvalue weighted by Crippen LogP contribution is -2.02. The van der Waals surface area contributed by atoms with Crippen molar-refractivity contribution in [3.8, 4) is 0 Å². The Balaban J connectivity index is 2.53. The maximum Gasteiger partial charge on any atom is 0.137 e. The Morgan fingerprint density at radius 1 is 1.54 bits per heavy atom. The summed E-state index contributed by atoms with van der Waals surface area (Å²) in [5, 5.41) is 13.0. The van der Waals surface area contributed by atoms with Crippen molar-refractivity contribution < 1.29 is 9.63 Å². The van der Waals surface area contributed by atoms with Gasteiger partial charge in [-0.15, -0.1) is 0 Å². The van der Waals surface area contributed by atoms with Crippen LogP contribution < -0.4 is 0 Å². The molecule has 4 heteroatoms. The molecule has 0 aliphatic heterocycles. The van der Waals surface area contributed by atoms with Crippen molar-refractivity contribution in [2.45, 2.75) is 31.8 Å². The van der Waals surface area contributed by atoms with E-state index in [1.54, 1.807) is 11.8 Å². The summed E-state index contributed by atoms with van der Waals surface area (Å²) in [4.78, 5) is 0. The third kappa shape index (κ3) is 2.74. The Bertz CT molecular complexity index is 253. The second-order valence-electron chi connectivity index (χ2n) is 3.11. The lowest BCUT2D eigenvalue weighted by molar-refractivity contribution is 0.300. The molecule has 0 fully saturated rings. The van der Waals surface area contributed by atoms with Crippen LogP contribution in [0.5, 0.6) is 0 Å². The van der Waals surface area contributed by atoms with E-state index in [-0.39, 0.29) is 11.9 Å². The molecule has 0 saturated carbocycles. The summed E-state index contributed by atoms with van der Waals surface area (Å²) in [5.74, 6) is 1.75. The van der Waals surface area contributed by atoms with E-state index in [9.17, 15) is 0 Å². The van der Waals surface area contributed by atoms with Gasteiger partial charge in [0.1, 0.15) is 5.76 Å². The quantitative estimate of drug-likeness (QED) is 0.808. The molecule has 0 saturated heterocycles. The van der Waals surface area contributed by atoms with E-state index in [0.717, 1.165) is 22.8 Å². The average Bonchev–Trinajstić information content (AvgIpc) is 2.43. The van der Waals surface area contributed by atoms with Gasteiger partial charge in [0.2, 0.25) is 0 Å². The van der Waals surface area contributed by atoms with E-state index in [1.807, 2.05) is 20.8 Å². The van der Waals surface area contributed by atoms with Gasteiger partial charge in [-0.25, -0.2) is 0 Å². The molecule has 1 unspecified atom stereocenters. The van der Waals surface area contributed by atoms with Crippen LogP contribution in [0.15, 0.2) is 4.52 Å². The van der Waals surface area contributed by atoms with Gasteiger partial charge in [-0.1, -0.05) is 12.1 Å². The summed E-state index contributed by atoms with van der Waals surface area (Å²) in [7, 11) is 0. The van der Waals surface area contributed by atoms with Gasteiger partial charge in [-0.2, -0.15) is 11.8 Å². The first-order valence-electron chi connectivity index (χ1n) is 4.29. The van der Waals surface area contributed by atoms with Crippen LogP contribution in [0.4, 0.5) is 0 Å². The van der Waals surface area contributed by atoms with Crippen LogP contribution in [-0.4, -0.2) is 22.1 Å². The van der Waals surface area contributed by atoms with Crippen molar-refractivity contribution in [3.63, 3.8) is 0 Å². The number of aliphatic hydroxyl groups excluding tert-OH is 1. The van der Waals surface area contributed by atoms with E-state index in [2.05, 4.69) is 5.16 Å². The van der Waals surface area contributed by atoms with Crippen LogP contribution in [0.2, 0.25) is 0 Å². The van der Waals surface area contributed by atoms with Crippen molar-refractivity contribution >= 4 is 11.8 Å². The fraction of sp³-hybridized carbons (Fsp3) is 0.667. The Labute approximate surface area is 82.5 Å². The number of rotatable bonds is 4. The zero-order chi connectivity index (χ0) is 9.84. The van der Waals surface area contributed by atoms with Crippen molar-refractivity contribution in [2.75, 3.05) is 6.61 Å². The Morgan fingerprint density at radius 2 is 2.23 bits per heavy atom. The maximum atomic E-state index is 8.84. The molecule has 0 aliphatic carbocycles. The predicted octanol–water partition coefficient (Wildman–Crippen LogP) is 1.91. The number of aliphatic hydroxyl groups is 1. The standard InChI is InChI=1S/C9H15NO2S/c1-6(4-11)13-5-9-7(2)10-12-8(9)3/h6,11H,4-5H2,1-3H3. The summed E-state index contributed by atoms with van der Waals surface area (Å²) in [5.41, 5.74) is 2.11. The molecular formula is C9H15NO2S. The molecule has 1 aromatic heterocycles. The Hall–Kier alpha value is -0.480. The van der Waals surface area contributed by atoms with Crippen molar-refractivity contribution in [1.29, 1.82) is 0 Å². The number of thioether (sulfide) groups is 1. The van der Waals surface area contributed by atoms with Crippen LogP contribution in [0, 0.1) is 13.8 Å². The molecule has 1 heterocycles. The topological polar surface area (TPSA) is 46.3 Å². The molecule has 13 heavy (non-hydrogen) atoms. The van der Waals surface area contributed by atoms with Gasteiger partial charge >= 0.3 is 0 Å². The van der Waals surface area contributed by atoms with Gasteiger partial charge in [0.15, 0.2) is 0 Å². The van der Waals surface area contributed by atoms with E-state index < -0.39 is 0 Å². The van der Waals surface area contributed by atoms with E-state index in [0.29, 0.717) is 0 Å². The van der Waals surface area contributed by atoms with Crippen LogP contribution in [0.3, 0.4) is 0 Å². The Morgan fingerprint density at radius 3 is 2.69 bits per heavy atom. The van der Waals surface area contributed by atoms with Crippen LogP contribution in [0.1, 0.15) is 23.9 Å². The van der Waals surface area contributed by atoms with Gasteiger partial charge in [-0.05, 0) is 13.8 Å². The van der Waals surface area contributed by atoms with Crippen molar-refractivity contribution in [2.24, 2.45) is 0 Å². The molecular weight excluding hydrogens is 186 g/mol. The first-order chi connectivity index (χ1) is 6.15.